The summed E-state index contributed by atoms with van der Waals surface area (Å²) < 4.78 is 6.61. The third kappa shape index (κ3) is 3.35. The summed E-state index contributed by atoms with van der Waals surface area (Å²) in [4.78, 5) is 17.8. The van der Waals surface area contributed by atoms with E-state index in [1.54, 1.807) is 23.1 Å². The first kappa shape index (κ1) is 24.1. The minimum atomic E-state index is -0.957. The summed E-state index contributed by atoms with van der Waals surface area (Å²) in [6.45, 7) is 1.94. The van der Waals surface area contributed by atoms with Gasteiger partial charge in [-0.1, -0.05) is 35.3 Å². The molecule has 1 spiro atoms. The summed E-state index contributed by atoms with van der Waals surface area (Å²) in [5, 5.41) is 24.3. The third-order valence-electron chi connectivity index (χ3n) is 9.96. The molecule has 1 amide bonds. The van der Waals surface area contributed by atoms with E-state index in [0.29, 0.717) is 28.6 Å². The molecule has 3 fully saturated rings. The average Bonchev–Trinajstić information content (AvgIpc) is 3.61. The maximum Gasteiger partial charge on any atom is 0.227 e. The average molecular weight is 543 g/mol. The van der Waals surface area contributed by atoms with Crippen LogP contribution in [0.5, 0.6) is 11.5 Å². The fourth-order valence-electron chi connectivity index (χ4n) is 7.99. The minimum absolute atomic E-state index is 0.0223. The molecular weight excluding hydrogens is 511 g/mol. The molecule has 5 aliphatic rings. The number of phenolic OH excluding ortho intramolecular Hbond substituents is 1. The molecule has 8 heteroatoms. The molecule has 37 heavy (non-hydrogen) atoms. The number of aromatic hydroxyl groups is 1. The number of likely N-dealkylation sites (N-methyl/N-ethyl adjacent to an activating group) is 1. The first-order valence-electron chi connectivity index (χ1n) is 13.4. The van der Waals surface area contributed by atoms with Crippen molar-refractivity contribution in [2.24, 2.45) is 5.92 Å². The first-order chi connectivity index (χ1) is 17.7. The molecule has 3 aliphatic carbocycles. The van der Waals surface area contributed by atoms with Crippen molar-refractivity contribution in [3.63, 3.8) is 0 Å². The Hall–Kier alpha value is -1.99. The van der Waals surface area contributed by atoms with Gasteiger partial charge in [0.1, 0.15) is 6.10 Å². The molecule has 2 aliphatic heterocycles. The van der Waals surface area contributed by atoms with Crippen molar-refractivity contribution in [1.82, 2.24) is 9.80 Å². The van der Waals surface area contributed by atoms with E-state index >= 15 is 0 Å². The summed E-state index contributed by atoms with van der Waals surface area (Å²) in [6, 6.07) is 8.81. The molecule has 0 radical (unpaired) electrons. The van der Waals surface area contributed by atoms with Crippen LogP contribution < -0.4 is 4.74 Å². The highest BCUT2D eigenvalue weighted by Crippen LogP contribution is 2.66. The smallest absolute Gasteiger partial charge is 0.227 e. The first-order valence-corrected chi connectivity index (χ1v) is 14.2. The highest BCUT2D eigenvalue weighted by molar-refractivity contribution is 6.42. The zero-order valence-corrected chi connectivity index (χ0v) is 22.4. The fourth-order valence-corrected chi connectivity index (χ4v) is 8.31. The summed E-state index contributed by atoms with van der Waals surface area (Å²) in [6.07, 6.45) is 5.11. The van der Waals surface area contributed by atoms with Crippen LogP contribution in [0.1, 0.15) is 48.8 Å². The number of nitrogens with zero attached hydrogens (tertiary/aromatic N) is 2. The molecule has 2 bridgehead atoms. The van der Waals surface area contributed by atoms with Crippen LogP contribution in [-0.2, 0) is 23.1 Å². The van der Waals surface area contributed by atoms with Gasteiger partial charge < -0.3 is 19.8 Å². The second-order valence-corrected chi connectivity index (χ2v) is 12.6. The third-order valence-corrected chi connectivity index (χ3v) is 10.7. The number of amides is 1. The lowest BCUT2D eigenvalue weighted by Crippen LogP contribution is -2.78. The molecule has 0 aromatic heterocycles. The van der Waals surface area contributed by atoms with Crippen molar-refractivity contribution in [1.29, 1.82) is 0 Å². The van der Waals surface area contributed by atoms with Crippen molar-refractivity contribution in [3.05, 3.63) is 57.1 Å². The Morgan fingerprint density at radius 1 is 1.16 bits per heavy atom. The number of ether oxygens (including phenoxy) is 1. The highest BCUT2D eigenvalue weighted by Gasteiger charge is 2.73. The Kier molecular flexibility index (Phi) is 5.37. The zero-order chi connectivity index (χ0) is 25.7. The van der Waals surface area contributed by atoms with E-state index in [9.17, 15) is 15.0 Å². The van der Waals surface area contributed by atoms with Gasteiger partial charge in [-0.15, -0.1) is 0 Å². The van der Waals surface area contributed by atoms with Gasteiger partial charge >= 0.3 is 0 Å². The van der Waals surface area contributed by atoms with E-state index in [2.05, 4.69) is 4.90 Å². The number of carbonyl (C=O) groups excluding carboxylic acids is 1. The number of hydrogen-bond donors (Lipinski definition) is 2. The predicted octanol–water partition coefficient (Wildman–Crippen LogP) is 4.33. The lowest BCUT2D eigenvalue weighted by molar-refractivity contribution is -0.200. The molecule has 6 nitrogen and oxygen atoms in total. The summed E-state index contributed by atoms with van der Waals surface area (Å²) in [7, 11) is 1.83. The molecule has 2 aromatic carbocycles. The highest BCUT2D eigenvalue weighted by atomic mass is 35.5. The van der Waals surface area contributed by atoms with Crippen LogP contribution in [0.3, 0.4) is 0 Å². The van der Waals surface area contributed by atoms with Gasteiger partial charge in [0.05, 0.1) is 33.5 Å². The molecule has 5 atom stereocenters. The number of likely N-dealkylation sites (tertiary alicyclic amines) is 1. The van der Waals surface area contributed by atoms with Crippen molar-refractivity contribution in [2.75, 3.05) is 20.1 Å². The van der Waals surface area contributed by atoms with Gasteiger partial charge in [0.2, 0.25) is 5.91 Å². The molecule has 196 valence electrons. The van der Waals surface area contributed by atoms with E-state index in [1.807, 2.05) is 19.2 Å². The Morgan fingerprint density at radius 2 is 1.97 bits per heavy atom. The number of rotatable bonds is 5. The fraction of sp³-hybridized carbons (Fsp3) is 0.552. The Bertz CT molecular complexity index is 1300. The number of carbonyl (C=O) groups is 1. The second kappa shape index (κ2) is 8.25. The van der Waals surface area contributed by atoms with Crippen LogP contribution in [0.2, 0.25) is 10.0 Å². The van der Waals surface area contributed by atoms with Gasteiger partial charge in [-0.3, -0.25) is 9.69 Å². The van der Waals surface area contributed by atoms with E-state index in [1.165, 1.54) is 12.8 Å². The summed E-state index contributed by atoms with van der Waals surface area (Å²) >= 11 is 12.3. The number of aliphatic hydroxyl groups is 1. The maximum atomic E-state index is 13.5. The number of benzene rings is 2. The number of piperidine rings is 1. The van der Waals surface area contributed by atoms with Gasteiger partial charge in [0.15, 0.2) is 11.5 Å². The van der Waals surface area contributed by atoms with Gasteiger partial charge in [0.25, 0.3) is 0 Å². The topological polar surface area (TPSA) is 73.2 Å². The standard InChI is InChI=1S/C29H32Cl2N2O4/c1-32(24(35)13-17-4-6-19(30)20(31)12-17)21-8-9-29(36)23-14-18-5-7-22(34)26-25(18)28(29,27(21)37-26)10-11-33(23)15-16-2-3-16/h4-7,12,16,21,23,27,34,36H,2-3,8-11,13-15H2,1H3/t21-,23-,27-,28-,29+/m0/s1. The number of hydrogen-bond acceptors (Lipinski definition) is 5. The van der Waals surface area contributed by atoms with E-state index in [4.69, 9.17) is 27.9 Å². The van der Waals surface area contributed by atoms with E-state index in [-0.39, 0.29) is 30.2 Å². The van der Waals surface area contributed by atoms with Crippen molar-refractivity contribution in [3.8, 4) is 11.5 Å². The van der Waals surface area contributed by atoms with Crippen LogP contribution in [0, 0.1) is 5.92 Å². The van der Waals surface area contributed by atoms with Crippen LogP contribution in [0.4, 0.5) is 0 Å². The van der Waals surface area contributed by atoms with E-state index < -0.39 is 17.1 Å². The minimum Gasteiger partial charge on any atom is -0.504 e. The molecule has 2 aromatic rings. The zero-order valence-electron chi connectivity index (χ0n) is 20.9. The van der Waals surface area contributed by atoms with Gasteiger partial charge in [0, 0.05) is 25.2 Å². The molecule has 2 heterocycles. The van der Waals surface area contributed by atoms with Gasteiger partial charge in [-0.05, 0) is 80.3 Å². The second-order valence-electron chi connectivity index (χ2n) is 11.8. The van der Waals surface area contributed by atoms with Crippen molar-refractivity contribution >= 4 is 29.1 Å². The van der Waals surface area contributed by atoms with Gasteiger partial charge in [-0.2, -0.15) is 0 Å². The van der Waals surface area contributed by atoms with Crippen molar-refractivity contribution in [2.45, 2.75) is 74.1 Å². The summed E-state index contributed by atoms with van der Waals surface area (Å²) in [5.41, 5.74) is 1.35. The van der Waals surface area contributed by atoms with Crippen LogP contribution in [0.15, 0.2) is 30.3 Å². The van der Waals surface area contributed by atoms with Crippen LogP contribution in [-0.4, -0.2) is 69.8 Å². The normalized spacial score (nSPS) is 33.6. The Morgan fingerprint density at radius 3 is 2.73 bits per heavy atom. The monoisotopic (exact) mass is 542 g/mol. The lowest BCUT2D eigenvalue weighted by atomic mass is 9.48. The molecule has 0 unspecified atom stereocenters. The summed E-state index contributed by atoms with van der Waals surface area (Å²) in [5.74, 6) is 1.33. The predicted molar refractivity (Wildman–Crippen MR) is 142 cm³/mol. The van der Waals surface area contributed by atoms with Gasteiger partial charge in [-0.25, -0.2) is 0 Å². The molecule has 7 rings (SSSR count). The number of phenols is 1. The van der Waals surface area contributed by atoms with Crippen molar-refractivity contribution < 1.29 is 19.7 Å². The lowest BCUT2D eigenvalue weighted by Gasteiger charge is -2.64. The maximum absolute atomic E-state index is 13.5. The quantitative estimate of drug-likeness (QED) is 0.588. The van der Waals surface area contributed by atoms with Crippen LogP contribution in [0.25, 0.3) is 0 Å². The van der Waals surface area contributed by atoms with E-state index in [0.717, 1.165) is 48.5 Å². The molecular formula is C29H32Cl2N2O4. The number of halogens is 2. The molecule has 1 saturated heterocycles. The Labute approximate surface area is 227 Å². The Balaban J connectivity index is 1.25. The largest absolute Gasteiger partial charge is 0.504 e. The molecule has 2 saturated carbocycles. The molecule has 2 N–H and O–H groups in total. The van der Waals surface area contributed by atoms with Crippen LogP contribution >= 0.6 is 23.2 Å². The SMILES string of the molecule is CN(C(=O)Cc1ccc(Cl)c(Cl)c1)[C@H]1CC[C@@]2(O)[C@@H]3Cc4ccc(O)c5c4[C@@]2(CCN3CC2CC2)[C@H]1O5.